The summed E-state index contributed by atoms with van der Waals surface area (Å²) in [6, 6.07) is 4.13. The maximum absolute atomic E-state index is 12.8. The number of ether oxygens (including phenoxy) is 1. The molecule has 0 atom stereocenters. The minimum absolute atomic E-state index is 0.0446. The van der Waals surface area contributed by atoms with E-state index < -0.39 is 6.09 Å². The van der Waals surface area contributed by atoms with E-state index in [9.17, 15) is 9.59 Å². The molecule has 186 valence electrons. The number of imidazole rings is 1. The molecular weight excluding hydrogens is 448 g/mol. The maximum Gasteiger partial charge on any atom is 0.404 e. The van der Waals surface area contributed by atoms with Gasteiger partial charge in [0.15, 0.2) is 0 Å². The van der Waals surface area contributed by atoms with Crippen LogP contribution in [0.1, 0.15) is 51.0 Å². The molecule has 0 unspecified atom stereocenters. The molecule has 35 heavy (non-hydrogen) atoms. The van der Waals surface area contributed by atoms with Crippen molar-refractivity contribution in [3.8, 4) is 0 Å². The lowest BCUT2D eigenvalue weighted by Crippen LogP contribution is -2.24. The van der Waals surface area contributed by atoms with Gasteiger partial charge in [0.25, 0.3) is 0 Å². The number of hydrogen-bond donors (Lipinski definition) is 2. The van der Waals surface area contributed by atoms with Gasteiger partial charge in [-0.25, -0.2) is 19.6 Å². The van der Waals surface area contributed by atoms with Crippen LogP contribution in [-0.4, -0.2) is 50.4 Å². The minimum Gasteiger partial charge on any atom is -0.453 e. The summed E-state index contributed by atoms with van der Waals surface area (Å²) in [4.78, 5) is 38.3. The molecule has 1 spiro atoms. The fourth-order valence-corrected chi connectivity index (χ4v) is 5.23. The van der Waals surface area contributed by atoms with Gasteiger partial charge in [-0.05, 0) is 43.6 Å². The summed E-state index contributed by atoms with van der Waals surface area (Å²) in [6.07, 6.45) is 11.3. The number of carbonyl (C=O) groups is 1. The number of aromatic nitrogens is 5. The number of carbonyl (C=O) groups excluding carboxylic acids is 1. The Morgan fingerprint density at radius 1 is 1.17 bits per heavy atom. The van der Waals surface area contributed by atoms with Crippen LogP contribution in [0.4, 0.5) is 22.4 Å². The third kappa shape index (κ3) is 4.67. The monoisotopic (exact) mass is 480 g/mol. The lowest BCUT2D eigenvalue weighted by Gasteiger charge is -2.17. The molecule has 11 nitrogen and oxygen atoms in total. The standard InChI is InChI=1S/C22H27N7O.C2H5NO2/c1-27-17-13-24-19(12-16(17)29(21(27)30)15-4-2-3-5-15)25-18-6-10-23-20(26-18)28-11-9-22(14-28)7-8-22;1-5-2(3)4/h6,10,12-13,15H,2-5,7-9,11,14H2,1H3,(H,23,24,25,26);1H3,(H2,3,4). The Morgan fingerprint density at radius 3 is 2.57 bits per heavy atom. The van der Waals surface area contributed by atoms with Crippen LogP contribution in [0.2, 0.25) is 0 Å². The number of rotatable bonds is 4. The van der Waals surface area contributed by atoms with Gasteiger partial charge in [0.1, 0.15) is 11.6 Å². The molecule has 1 aliphatic heterocycles. The minimum atomic E-state index is -0.745. The number of nitrogens with one attached hydrogen (secondary N) is 1. The van der Waals surface area contributed by atoms with Gasteiger partial charge in [0.2, 0.25) is 5.95 Å². The zero-order chi connectivity index (χ0) is 24.6. The van der Waals surface area contributed by atoms with E-state index in [2.05, 4.69) is 30.7 Å². The van der Waals surface area contributed by atoms with Gasteiger partial charge >= 0.3 is 11.8 Å². The second-order valence-corrected chi connectivity index (χ2v) is 9.77. The number of primary amides is 1. The average molecular weight is 481 g/mol. The summed E-state index contributed by atoms with van der Waals surface area (Å²) in [5.41, 5.74) is 6.82. The van der Waals surface area contributed by atoms with Crippen molar-refractivity contribution in [2.24, 2.45) is 18.2 Å². The fraction of sp³-hybridized carbons (Fsp3) is 0.542. The van der Waals surface area contributed by atoms with Crippen LogP contribution in [0.5, 0.6) is 0 Å². The van der Waals surface area contributed by atoms with Crippen molar-refractivity contribution in [2.45, 2.75) is 51.0 Å². The molecule has 2 saturated carbocycles. The van der Waals surface area contributed by atoms with Gasteiger partial charge in [-0.2, -0.15) is 4.98 Å². The number of hydrogen-bond acceptors (Lipinski definition) is 8. The van der Waals surface area contributed by atoms with E-state index in [0.717, 1.165) is 48.7 Å². The van der Waals surface area contributed by atoms with Gasteiger partial charge in [-0.1, -0.05) is 12.8 Å². The first kappa shape index (κ1) is 23.1. The summed E-state index contributed by atoms with van der Waals surface area (Å²) >= 11 is 0. The van der Waals surface area contributed by atoms with E-state index in [1.54, 1.807) is 17.0 Å². The smallest absolute Gasteiger partial charge is 0.404 e. The molecule has 2 aliphatic carbocycles. The first-order valence-corrected chi connectivity index (χ1v) is 12.1. The summed E-state index contributed by atoms with van der Waals surface area (Å²) < 4.78 is 7.55. The van der Waals surface area contributed by atoms with Crippen LogP contribution in [-0.2, 0) is 11.8 Å². The Kier molecular flexibility index (Phi) is 6.08. The number of pyridine rings is 1. The summed E-state index contributed by atoms with van der Waals surface area (Å²) in [7, 11) is 3.05. The fourth-order valence-electron chi connectivity index (χ4n) is 5.23. The largest absolute Gasteiger partial charge is 0.453 e. The quantitative estimate of drug-likeness (QED) is 0.582. The number of nitrogens with two attached hydrogens (primary N) is 1. The number of methoxy groups -OCH3 is 1. The van der Waals surface area contributed by atoms with E-state index in [1.165, 1.54) is 39.2 Å². The molecule has 3 aliphatic rings. The predicted molar refractivity (Wildman–Crippen MR) is 133 cm³/mol. The Bertz CT molecular complexity index is 1290. The van der Waals surface area contributed by atoms with E-state index >= 15 is 0 Å². The Labute approximate surface area is 203 Å². The lowest BCUT2D eigenvalue weighted by molar-refractivity contribution is 0.182. The van der Waals surface area contributed by atoms with Crippen LogP contribution < -0.4 is 21.6 Å². The van der Waals surface area contributed by atoms with Crippen LogP contribution >= 0.6 is 0 Å². The second-order valence-electron chi connectivity index (χ2n) is 9.77. The average Bonchev–Trinajstić information content (AvgIpc) is 3.15. The summed E-state index contributed by atoms with van der Waals surface area (Å²) in [6.45, 7) is 2.10. The van der Waals surface area contributed by atoms with E-state index in [4.69, 9.17) is 4.98 Å². The van der Waals surface area contributed by atoms with Crippen LogP contribution in [0.25, 0.3) is 11.0 Å². The van der Waals surface area contributed by atoms with Crippen molar-refractivity contribution in [2.75, 3.05) is 30.4 Å². The molecule has 3 aromatic heterocycles. The topological polar surface area (TPSA) is 133 Å². The molecule has 3 fully saturated rings. The van der Waals surface area contributed by atoms with Crippen molar-refractivity contribution >= 4 is 34.7 Å². The molecule has 0 aromatic carbocycles. The van der Waals surface area contributed by atoms with Crippen molar-refractivity contribution < 1.29 is 9.53 Å². The highest BCUT2D eigenvalue weighted by Crippen LogP contribution is 2.53. The van der Waals surface area contributed by atoms with E-state index in [1.807, 2.05) is 23.7 Å². The van der Waals surface area contributed by atoms with Gasteiger partial charge < -0.3 is 20.7 Å². The zero-order valence-corrected chi connectivity index (χ0v) is 20.2. The van der Waals surface area contributed by atoms with Crippen LogP contribution in [0.15, 0.2) is 29.3 Å². The van der Waals surface area contributed by atoms with Gasteiger partial charge in [0.05, 0.1) is 24.3 Å². The summed E-state index contributed by atoms with van der Waals surface area (Å²) in [5, 5.41) is 3.33. The van der Waals surface area contributed by atoms with Crippen molar-refractivity contribution in [3.63, 3.8) is 0 Å². The Balaban J connectivity index is 0.000000464. The predicted octanol–water partition coefficient (Wildman–Crippen LogP) is 3.09. The van der Waals surface area contributed by atoms with Gasteiger partial charge in [-0.15, -0.1) is 0 Å². The van der Waals surface area contributed by atoms with Crippen molar-refractivity contribution in [3.05, 3.63) is 35.0 Å². The molecular formula is C24H32N8O3. The number of fused-ring (bicyclic) bond motifs is 1. The first-order chi connectivity index (χ1) is 16.9. The van der Waals surface area contributed by atoms with E-state index in [-0.39, 0.29) is 11.7 Å². The Morgan fingerprint density at radius 2 is 1.91 bits per heavy atom. The van der Waals surface area contributed by atoms with Crippen LogP contribution in [0.3, 0.4) is 0 Å². The summed E-state index contributed by atoms with van der Waals surface area (Å²) in [5.74, 6) is 2.21. The normalized spacial score (nSPS) is 18.5. The zero-order valence-electron chi connectivity index (χ0n) is 20.2. The SMILES string of the molecule is COC(N)=O.Cn1c(=O)n(C2CCCC2)c2cc(Nc3ccnc(N4CCC5(CC5)C4)n3)ncc21. The van der Waals surface area contributed by atoms with E-state index in [0.29, 0.717) is 11.2 Å². The number of aryl methyl sites for hydroxylation is 1. The Hall–Kier alpha value is -3.63. The molecule has 1 saturated heterocycles. The van der Waals surface area contributed by atoms with Gasteiger partial charge in [0, 0.05) is 38.4 Å². The molecule has 11 heteroatoms. The number of nitrogens with zero attached hydrogens (tertiary/aromatic N) is 6. The highest BCUT2D eigenvalue weighted by atomic mass is 16.5. The molecule has 0 bridgehead atoms. The molecule has 1 amide bonds. The molecule has 3 aromatic rings. The molecule has 0 radical (unpaired) electrons. The molecule has 4 heterocycles. The highest BCUT2D eigenvalue weighted by molar-refractivity contribution is 5.79. The molecule has 6 rings (SSSR count). The third-order valence-corrected chi connectivity index (χ3v) is 7.44. The van der Waals surface area contributed by atoms with Gasteiger partial charge in [-0.3, -0.25) is 9.13 Å². The molecule has 3 N–H and O–H groups in total. The third-order valence-electron chi connectivity index (χ3n) is 7.44. The maximum atomic E-state index is 12.8. The van der Waals surface area contributed by atoms with Crippen molar-refractivity contribution in [1.29, 1.82) is 0 Å². The number of amides is 1. The number of anilines is 3. The lowest BCUT2D eigenvalue weighted by atomic mass is 10.1. The van der Waals surface area contributed by atoms with Crippen LogP contribution in [0, 0.1) is 5.41 Å². The first-order valence-electron chi connectivity index (χ1n) is 12.1. The second kappa shape index (κ2) is 9.20. The highest BCUT2D eigenvalue weighted by Gasteiger charge is 2.48. The van der Waals surface area contributed by atoms with Crippen molar-refractivity contribution in [1.82, 2.24) is 24.1 Å².